The third kappa shape index (κ3) is 3.66. The maximum absolute atomic E-state index is 11.4. The van der Waals surface area contributed by atoms with Crippen LogP contribution in [0.25, 0.3) is 0 Å². The molecule has 0 radical (unpaired) electrons. The molecule has 0 atom stereocenters. The molecule has 0 fully saturated rings. The monoisotopic (exact) mass is 241 g/mol. The maximum Gasteiger partial charge on any atom is 0.412 e. The van der Waals surface area contributed by atoms with Crippen LogP contribution in [0.4, 0.5) is 9.80 Å². The van der Waals surface area contributed by atoms with Crippen molar-refractivity contribution in [3.8, 4) is 0 Å². The molecule has 1 amide bonds. The van der Waals surface area contributed by atoms with Gasteiger partial charge in [0.25, 0.3) is 0 Å². The van der Waals surface area contributed by atoms with Gasteiger partial charge in [-0.1, -0.05) is 0 Å². The number of hydrogen-bond acceptors (Lipinski definition) is 4. The maximum atomic E-state index is 11.4. The van der Waals surface area contributed by atoms with Crippen molar-refractivity contribution in [1.82, 2.24) is 0 Å². The molecule has 0 aliphatic carbocycles. The first-order valence-corrected chi connectivity index (χ1v) is 5.69. The van der Waals surface area contributed by atoms with Gasteiger partial charge in [-0.15, -0.1) is 11.3 Å². The number of rotatable bonds is 2. The van der Waals surface area contributed by atoms with Crippen molar-refractivity contribution in [1.29, 1.82) is 0 Å². The van der Waals surface area contributed by atoms with Crippen molar-refractivity contribution in [2.75, 3.05) is 5.32 Å². The second-order valence-corrected chi connectivity index (χ2v) is 5.49. The molecule has 1 heterocycles. The summed E-state index contributed by atoms with van der Waals surface area (Å²) < 4.78 is 5.09. The second kappa shape index (κ2) is 4.65. The summed E-state index contributed by atoms with van der Waals surface area (Å²) in [6, 6.07) is 1.75. The zero-order valence-corrected chi connectivity index (χ0v) is 10.6. The molecule has 0 saturated heterocycles. The Morgan fingerprint density at radius 1 is 1.50 bits per heavy atom. The van der Waals surface area contributed by atoms with E-state index in [9.17, 15) is 9.59 Å². The molecule has 0 aliphatic rings. The first-order valence-electron chi connectivity index (χ1n) is 4.87. The lowest BCUT2D eigenvalue weighted by Gasteiger charge is -2.19. The van der Waals surface area contributed by atoms with Crippen molar-refractivity contribution in [3.63, 3.8) is 0 Å². The third-order valence-electron chi connectivity index (χ3n) is 1.69. The van der Waals surface area contributed by atoms with Crippen LogP contribution in [0.1, 0.15) is 36.0 Å². The van der Waals surface area contributed by atoms with Crippen LogP contribution in [0.5, 0.6) is 0 Å². The Hall–Kier alpha value is -1.36. The Labute approximate surface area is 98.6 Å². The Morgan fingerprint density at radius 2 is 2.12 bits per heavy atom. The first-order chi connectivity index (χ1) is 7.31. The number of nitrogens with one attached hydrogen (secondary N) is 1. The van der Waals surface area contributed by atoms with E-state index in [-0.39, 0.29) is 0 Å². The Morgan fingerprint density at radius 3 is 2.56 bits per heavy atom. The Kier molecular flexibility index (Phi) is 3.70. The van der Waals surface area contributed by atoms with Crippen molar-refractivity contribution < 1.29 is 14.3 Å². The van der Waals surface area contributed by atoms with Crippen LogP contribution in [0, 0.1) is 6.92 Å². The van der Waals surface area contributed by atoms with Crippen LogP contribution in [0.3, 0.4) is 0 Å². The molecular formula is C11H15NO3S. The lowest BCUT2D eigenvalue weighted by atomic mass is 10.2. The fourth-order valence-electron chi connectivity index (χ4n) is 1.08. The van der Waals surface area contributed by atoms with Gasteiger partial charge < -0.3 is 4.74 Å². The average molecular weight is 241 g/mol. The zero-order valence-electron chi connectivity index (χ0n) is 9.79. The van der Waals surface area contributed by atoms with Gasteiger partial charge in [0, 0.05) is 0 Å². The van der Waals surface area contributed by atoms with Crippen LogP contribution in [0.15, 0.2) is 6.07 Å². The smallest absolute Gasteiger partial charge is 0.412 e. The molecule has 5 heteroatoms. The van der Waals surface area contributed by atoms with Crippen LogP contribution in [-0.2, 0) is 4.74 Å². The molecule has 16 heavy (non-hydrogen) atoms. The van der Waals surface area contributed by atoms with Crippen LogP contribution < -0.4 is 5.32 Å². The number of hydrogen-bond donors (Lipinski definition) is 1. The number of anilines is 1. The third-order valence-corrected chi connectivity index (χ3v) is 2.77. The first kappa shape index (κ1) is 12.7. The van der Waals surface area contributed by atoms with Gasteiger partial charge in [-0.2, -0.15) is 0 Å². The number of amides is 1. The number of ether oxygens (including phenoxy) is 1. The predicted octanol–water partition coefficient (Wildman–Crippen LogP) is 3.22. The minimum absolute atomic E-state index is 0.508. The van der Waals surface area contributed by atoms with Gasteiger partial charge in [-0.25, -0.2) is 4.79 Å². The normalized spacial score (nSPS) is 11.0. The van der Waals surface area contributed by atoms with Gasteiger partial charge in [0.15, 0.2) is 6.29 Å². The van der Waals surface area contributed by atoms with E-state index in [1.54, 1.807) is 26.8 Å². The van der Waals surface area contributed by atoms with Crippen molar-refractivity contribution >= 4 is 28.7 Å². The largest absolute Gasteiger partial charge is 0.444 e. The highest BCUT2D eigenvalue weighted by Crippen LogP contribution is 2.25. The SMILES string of the molecule is Cc1cc(NC(=O)OC(C)(C)C)sc1C=O. The van der Waals surface area contributed by atoms with Gasteiger partial charge in [-0.3, -0.25) is 10.1 Å². The van der Waals surface area contributed by atoms with E-state index in [4.69, 9.17) is 4.74 Å². The predicted molar refractivity (Wildman–Crippen MR) is 64.3 cm³/mol. The molecular weight excluding hydrogens is 226 g/mol. The van der Waals surface area contributed by atoms with E-state index in [0.29, 0.717) is 9.88 Å². The number of carbonyl (C=O) groups is 2. The van der Waals surface area contributed by atoms with Crippen molar-refractivity contribution in [2.24, 2.45) is 0 Å². The van der Waals surface area contributed by atoms with E-state index < -0.39 is 11.7 Å². The highest BCUT2D eigenvalue weighted by atomic mass is 32.1. The summed E-state index contributed by atoms with van der Waals surface area (Å²) in [5.41, 5.74) is 0.329. The number of aldehydes is 1. The zero-order chi connectivity index (χ0) is 12.3. The molecule has 1 N–H and O–H groups in total. The molecule has 0 bridgehead atoms. The molecule has 0 unspecified atom stereocenters. The number of aryl methyl sites for hydroxylation is 1. The van der Waals surface area contributed by atoms with E-state index >= 15 is 0 Å². The summed E-state index contributed by atoms with van der Waals surface area (Å²) >= 11 is 1.23. The molecule has 1 aromatic heterocycles. The summed E-state index contributed by atoms with van der Waals surface area (Å²) in [7, 11) is 0. The Balaban J connectivity index is 2.66. The van der Waals surface area contributed by atoms with Crippen LogP contribution in [-0.4, -0.2) is 18.0 Å². The van der Waals surface area contributed by atoms with Crippen LogP contribution >= 0.6 is 11.3 Å². The van der Waals surface area contributed by atoms with E-state index in [2.05, 4.69) is 5.32 Å². The highest BCUT2D eigenvalue weighted by molar-refractivity contribution is 7.17. The van der Waals surface area contributed by atoms with Crippen molar-refractivity contribution in [3.05, 3.63) is 16.5 Å². The van der Waals surface area contributed by atoms with Gasteiger partial charge in [0.05, 0.1) is 9.88 Å². The van der Waals surface area contributed by atoms with E-state index in [1.807, 2.05) is 6.92 Å². The van der Waals surface area contributed by atoms with E-state index in [0.717, 1.165) is 11.8 Å². The fourth-order valence-corrected chi connectivity index (χ4v) is 1.95. The van der Waals surface area contributed by atoms with Gasteiger partial charge in [0.1, 0.15) is 5.60 Å². The summed E-state index contributed by atoms with van der Waals surface area (Å²) in [5, 5.41) is 3.21. The molecule has 0 saturated carbocycles. The summed E-state index contributed by atoms with van der Waals surface area (Å²) in [4.78, 5) is 22.7. The van der Waals surface area contributed by atoms with Crippen molar-refractivity contribution in [2.45, 2.75) is 33.3 Å². The molecule has 4 nitrogen and oxygen atoms in total. The lowest BCUT2D eigenvalue weighted by molar-refractivity contribution is 0.0636. The minimum Gasteiger partial charge on any atom is -0.444 e. The van der Waals surface area contributed by atoms with Gasteiger partial charge in [0.2, 0.25) is 0 Å². The number of thiophene rings is 1. The summed E-state index contributed by atoms with van der Waals surface area (Å²) in [6.45, 7) is 7.20. The molecule has 1 aromatic rings. The standard InChI is InChI=1S/C11H15NO3S/c1-7-5-9(16-8(7)6-13)12-10(14)15-11(2,3)4/h5-6H,1-4H3,(H,12,14). The highest BCUT2D eigenvalue weighted by Gasteiger charge is 2.17. The fraction of sp³-hybridized carbons (Fsp3) is 0.455. The van der Waals surface area contributed by atoms with E-state index in [1.165, 1.54) is 11.3 Å². The quantitative estimate of drug-likeness (QED) is 0.809. The van der Waals surface area contributed by atoms with Gasteiger partial charge >= 0.3 is 6.09 Å². The minimum atomic E-state index is -0.524. The topological polar surface area (TPSA) is 55.4 Å². The second-order valence-electron chi connectivity index (χ2n) is 4.40. The Bertz CT molecular complexity index is 404. The average Bonchev–Trinajstić information content (AvgIpc) is 2.42. The molecule has 0 aromatic carbocycles. The summed E-state index contributed by atoms with van der Waals surface area (Å²) in [5.74, 6) is 0. The van der Waals surface area contributed by atoms with Crippen LogP contribution in [0.2, 0.25) is 0 Å². The molecule has 88 valence electrons. The molecule has 0 aliphatic heterocycles. The lowest BCUT2D eigenvalue weighted by Crippen LogP contribution is -2.26. The molecule has 0 spiro atoms. The summed E-state index contributed by atoms with van der Waals surface area (Å²) in [6.07, 6.45) is 0.270. The van der Waals surface area contributed by atoms with Gasteiger partial charge in [-0.05, 0) is 39.3 Å². The molecule has 1 rings (SSSR count). The number of carbonyl (C=O) groups excluding carboxylic acids is 2.